The monoisotopic (exact) mass is 297 g/mol. The molecule has 2 nitrogen and oxygen atoms in total. The molecule has 0 atom stereocenters. The number of rotatable bonds is 5. The maximum Gasteiger partial charge on any atom is 0.224 e. The summed E-state index contributed by atoms with van der Waals surface area (Å²) in [5.41, 5.74) is 0.521. The van der Waals surface area contributed by atoms with Crippen molar-refractivity contribution < 1.29 is 9.18 Å². The minimum absolute atomic E-state index is 0.0105. The highest BCUT2D eigenvalue weighted by atomic mass is 35.5. The van der Waals surface area contributed by atoms with Crippen LogP contribution in [0.2, 0.25) is 5.02 Å². The van der Waals surface area contributed by atoms with E-state index < -0.39 is 5.82 Å². The number of thiophene rings is 1. The summed E-state index contributed by atoms with van der Waals surface area (Å²) >= 11 is 7.34. The van der Waals surface area contributed by atoms with Crippen molar-refractivity contribution in [1.29, 1.82) is 0 Å². The summed E-state index contributed by atoms with van der Waals surface area (Å²) in [7, 11) is 0. The van der Waals surface area contributed by atoms with Crippen molar-refractivity contribution in [3.05, 3.63) is 51.4 Å². The Morgan fingerprint density at radius 3 is 2.89 bits per heavy atom. The fourth-order valence-corrected chi connectivity index (χ4v) is 2.61. The number of halogens is 2. The Morgan fingerprint density at radius 1 is 1.37 bits per heavy atom. The number of hydrogen-bond donors (Lipinski definition) is 1. The molecule has 0 saturated heterocycles. The molecule has 1 amide bonds. The maximum atomic E-state index is 13.0. The number of carbonyl (C=O) groups excluding carboxylic acids is 1. The van der Waals surface area contributed by atoms with Gasteiger partial charge in [-0.25, -0.2) is 4.39 Å². The van der Waals surface area contributed by atoms with Crippen molar-refractivity contribution in [2.24, 2.45) is 0 Å². The largest absolute Gasteiger partial charge is 0.326 e. The second-order valence-corrected chi connectivity index (χ2v) is 5.55. The van der Waals surface area contributed by atoms with Crippen LogP contribution in [0, 0.1) is 5.82 Å². The topological polar surface area (TPSA) is 29.1 Å². The molecule has 1 N–H and O–H groups in total. The summed E-state index contributed by atoms with van der Waals surface area (Å²) in [6.45, 7) is 0. The summed E-state index contributed by atoms with van der Waals surface area (Å²) in [6, 6.07) is 8.21. The Kier molecular flexibility index (Phi) is 4.93. The average molecular weight is 298 g/mol. The fraction of sp³-hybridized carbons (Fsp3) is 0.214. The molecule has 0 aliphatic carbocycles. The van der Waals surface area contributed by atoms with Crippen molar-refractivity contribution in [3.63, 3.8) is 0 Å². The van der Waals surface area contributed by atoms with Crippen LogP contribution in [0.15, 0.2) is 35.7 Å². The highest BCUT2D eigenvalue weighted by Gasteiger charge is 2.05. The Bertz CT molecular complexity index is 557. The van der Waals surface area contributed by atoms with E-state index in [0.717, 1.165) is 12.8 Å². The van der Waals surface area contributed by atoms with Gasteiger partial charge < -0.3 is 5.32 Å². The summed E-state index contributed by atoms with van der Waals surface area (Å²) in [4.78, 5) is 13.0. The number of aryl methyl sites for hydroxylation is 1. The zero-order valence-corrected chi connectivity index (χ0v) is 11.7. The van der Waals surface area contributed by atoms with Crippen molar-refractivity contribution in [2.75, 3.05) is 5.32 Å². The Balaban J connectivity index is 1.79. The first kappa shape index (κ1) is 14.0. The van der Waals surface area contributed by atoms with Gasteiger partial charge in [0.15, 0.2) is 0 Å². The molecule has 0 fully saturated rings. The van der Waals surface area contributed by atoms with Gasteiger partial charge in [0.05, 0.1) is 5.02 Å². The lowest BCUT2D eigenvalue weighted by Crippen LogP contribution is -2.11. The Hall–Kier alpha value is -1.39. The quantitative estimate of drug-likeness (QED) is 0.865. The van der Waals surface area contributed by atoms with Gasteiger partial charge in [0.2, 0.25) is 5.91 Å². The molecule has 0 saturated carbocycles. The van der Waals surface area contributed by atoms with Crippen molar-refractivity contribution in [3.8, 4) is 0 Å². The van der Waals surface area contributed by atoms with Gasteiger partial charge in [0.1, 0.15) is 5.82 Å². The summed E-state index contributed by atoms with van der Waals surface area (Å²) < 4.78 is 13.0. The molecule has 0 spiro atoms. The van der Waals surface area contributed by atoms with Gasteiger partial charge in [-0.3, -0.25) is 4.79 Å². The van der Waals surface area contributed by atoms with E-state index in [2.05, 4.69) is 11.4 Å². The lowest BCUT2D eigenvalue weighted by Gasteiger charge is -2.05. The number of anilines is 1. The van der Waals surface area contributed by atoms with E-state index in [0.29, 0.717) is 12.1 Å². The highest BCUT2D eigenvalue weighted by molar-refractivity contribution is 7.09. The number of amides is 1. The second-order valence-electron chi connectivity index (χ2n) is 4.11. The molecule has 0 radical (unpaired) electrons. The zero-order chi connectivity index (χ0) is 13.7. The SMILES string of the molecule is O=C(CCCc1cccs1)Nc1ccc(F)c(Cl)c1. The van der Waals surface area contributed by atoms with Gasteiger partial charge in [-0.2, -0.15) is 0 Å². The average Bonchev–Trinajstić information content (AvgIpc) is 2.87. The van der Waals surface area contributed by atoms with Crippen LogP contribution in [0.25, 0.3) is 0 Å². The van der Waals surface area contributed by atoms with Gasteiger partial charge in [-0.15, -0.1) is 11.3 Å². The Labute approximate surface area is 120 Å². The van der Waals surface area contributed by atoms with Gasteiger partial charge in [0, 0.05) is 17.0 Å². The minimum atomic E-state index is -0.489. The Morgan fingerprint density at radius 2 is 2.21 bits per heavy atom. The molecule has 5 heteroatoms. The van der Waals surface area contributed by atoms with Crippen LogP contribution in [-0.4, -0.2) is 5.91 Å². The third-order valence-electron chi connectivity index (χ3n) is 2.61. The molecule has 2 aromatic rings. The lowest BCUT2D eigenvalue weighted by atomic mass is 10.2. The van der Waals surface area contributed by atoms with Crippen LogP contribution < -0.4 is 5.32 Å². The highest BCUT2D eigenvalue weighted by Crippen LogP contribution is 2.19. The maximum absolute atomic E-state index is 13.0. The normalized spacial score (nSPS) is 10.4. The van der Waals surface area contributed by atoms with Crippen LogP contribution in [0.5, 0.6) is 0 Å². The first-order chi connectivity index (χ1) is 9.15. The first-order valence-corrected chi connectivity index (χ1v) is 7.18. The van der Waals surface area contributed by atoms with Gasteiger partial charge in [-0.05, 0) is 42.5 Å². The van der Waals surface area contributed by atoms with Crippen LogP contribution in [0.4, 0.5) is 10.1 Å². The lowest BCUT2D eigenvalue weighted by molar-refractivity contribution is -0.116. The van der Waals surface area contributed by atoms with Crippen LogP contribution in [0.1, 0.15) is 17.7 Å². The van der Waals surface area contributed by atoms with E-state index in [1.165, 1.54) is 23.1 Å². The summed E-state index contributed by atoms with van der Waals surface area (Å²) in [5, 5.41) is 4.74. The van der Waals surface area contributed by atoms with Crippen molar-refractivity contribution >= 4 is 34.5 Å². The molecule has 0 aliphatic heterocycles. The van der Waals surface area contributed by atoms with Crippen LogP contribution in [-0.2, 0) is 11.2 Å². The first-order valence-electron chi connectivity index (χ1n) is 5.92. The summed E-state index contributed by atoms with van der Waals surface area (Å²) in [5.74, 6) is -0.573. The number of carbonyl (C=O) groups is 1. The predicted molar refractivity (Wildman–Crippen MR) is 77.3 cm³/mol. The third-order valence-corrected chi connectivity index (χ3v) is 3.84. The van der Waals surface area contributed by atoms with Gasteiger partial charge in [0.25, 0.3) is 0 Å². The minimum Gasteiger partial charge on any atom is -0.326 e. The smallest absolute Gasteiger partial charge is 0.224 e. The third kappa shape index (κ3) is 4.33. The molecule has 1 heterocycles. The standard InChI is InChI=1S/C14H13ClFNOS/c15-12-9-10(6-7-13(12)16)17-14(18)5-1-3-11-4-2-8-19-11/h2,4,6-9H,1,3,5H2,(H,17,18). The molecule has 100 valence electrons. The summed E-state index contributed by atoms with van der Waals surface area (Å²) in [6.07, 6.45) is 2.13. The molecule has 1 aromatic heterocycles. The number of nitrogens with one attached hydrogen (secondary N) is 1. The van der Waals surface area contributed by atoms with E-state index in [1.54, 1.807) is 11.3 Å². The molecule has 0 aliphatic rings. The molecule has 19 heavy (non-hydrogen) atoms. The molecular weight excluding hydrogens is 285 g/mol. The van der Waals surface area contributed by atoms with Gasteiger partial charge in [-0.1, -0.05) is 17.7 Å². The van der Waals surface area contributed by atoms with E-state index in [-0.39, 0.29) is 10.9 Å². The molecule has 0 unspecified atom stereocenters. The molecular formula is C14H13ClFNOS. The van der Waals surface area contributed by atoms with Gasteiger partial charge >= 0.3 is 0 Å². The van der Waals surface area contributed by atoms with Crippen molar-refractivity contribution in [2.45, 2.75) is 19.3 Å². The van der Waals surface area contributed by atoms with Crippen LogP contribution >= 0.6 is 22.9 Å². The van der Waals surface area contributed by atoms with Crippen LogP contribution in [0.3, 0.4) is 0 Å². The van der Waals surface area contributed by atoms with E-state index in [1.807, 2.05) is 11.4 Å². The fourth-order valence-electron chi connectivity index (χ4n) is 1.68. The molecule has 0 bridgehead atoms. The predicted octanol–water partition coefficient (Wildman–Crippen LogP) is 4.50. The zero-order valence-electron chi connectivity index (χ0n) is 10.2. The van der Waals surface area contributed by atoms with E-state index in [9.17, 15) is 9.18 Å². The second kappa shape index (κ2) is 6.68. The number of hydrogen-bond acceptors (Lipinski definition) is 2. The van der Waals surface area contributed by atoms with Crippen molar-refractivity contribution in [1.82, 2.24) is 0 Å². The number of benzene rings is 1. The molecule has 2 rings (SSSR count). The van der Waals surface area contributed by atoms with E-state index >= 15 is 0 Å². The molecule has 1 aromatic carbocycles. The van der Waals surface area contributed by atoms with E-state index in [4.69, 9.17) is 11.6 Å².